The van der Waals surface area contributed by atoms with Gasteiger partial charge in [-0.05, 0) is 6.42 Å². The molecule has 0 radical (unpaired) electrons. The standard InChI is InChI=1S/C9H12F3N3O3S/c1-2-3-15-7(18)13-14-8(15)19-5(4-6(16)17)9(10,11)12/h5H,2-4H2,1H3,(H,13,18)(H,16,17). The molecule has 0 fully saturated rings. The summed E-state index contributed by atoms with van der Waals surface area (Å²) >= 11 is 0.226. The fraction of sp³-hybridized carbons (Fsp3) is 0.667. The summed E-state index contributed by atoms with van der Waals surface area (Å²) in [4.78, 5) is 21.8. The molecular weight excluding hydrogens is 287 g/mol. The van der Waals surface area contributed by atoms with Crippen molar-refractivity contribution in [3.8, 4) is 0 Å². The number of hydrogen-bond acceptors (Lipinski definition) is 4. The van der Waals surface area contributed by atoms with E-state index in [9.17, 15) is 22.8 Å². The van der Waals surface area contributed by atoms with Crippen LogP contribution in [-0.2, 0) is 11.3 Å². The molecule has 0 amide bonds. The summed E-state index contributed by atoms with van der Waals surface area (Å²) in [6.45, 7) is 1.97. The molecule has 0 aliphatic heterocycles. The molecule has 0 saturated heterocycles. The highest BCUT2D eigenvalue weighted by Crippen LogP contribution is 2.36. The predicted molar refractivity (Wildman–Crippen MR) is 61.1 cm³/mol. The molecule has 2 N–H and O–H groups in total. The van der Waals surface area contributed by atoms with Crippen molar-refractivity contribution >= 4 is 17.7 Å². The molecule has 1 rings (SSSR count). The zero-order valence-electron chi connectivity index (χ0n) is 9.90. The van der Waals surface area contributed by atoms with Gasteiger partial charge in [0.25, 0.3) is 0 Å². The second-order valence-electron chi connectivity index (χ2n) is 3.71. The Morgan fingerprint density at radius 3 is 2.68 bits per heavy atom. The lowest BCUT2D eigenvalue weighted by Gasteiger charge is -2.17. The van der Waals surface area contributed by atoms with Gasteiger partial charge in [0.1, 0.15) is 5.25 Å². The minimum atomic E-state index is -4.69. The molecule has 1 atom stereocenters. The van der Waals surface area contributed by atoms with Crippen LogP contribution in [0.2, 0.25) is 0 Å². The van der Waals surface area contributed by atoms with Crippen LogP contribution in [0, 0.1) is 0 Å². The molecule has 1 heterocycles. The number of nitrogens with zero attached hydrogens (tertiary/aromatic N) is 2. The highest BCUT2D eigenvalue weighted by atomic mass is 32.2. The van der Waals surface area contributed by atoms with Gasteiger partial charge in [0.05, 0.1) is 6.42 Å². The van der Waals surface area contributed by atoms with Gasteiger partial charge in [0.2, 0.25) is 0 Å². The Morgan fingerprint density at radius 2 is 2.21 bits per heavy atom. The van der Waals surface area contributed by atoms with E-state index in [-0.39, 0.29) is 23.5 Å². The third-order valence-corrected chi connectivity index (χ3v) is 3.38. The van der Waals surface area contributed by atoms with Crippen molar-refractivity contribution in [1.29, 1.82) is 0 Å². The summed E-state index contributed by atoms with van der Waals surface area (Å²) in [6.07, 6.45) is -5.22. The van der Waals surface area contributed by atoms with Crippen LogP contribution in [0.3, 0.4) is 0 Å². The SMILES string of the molecule is CCCn1c(SC(CC(=O)O)C(F)(F)F)n[nH]c1=O. The maximum Gasteiger partial charge on any atom is 0.401 e. The second kappa shape index (κ2) is 6.13. The predicted octanol–water partition coefficient (Wildman–Crippen LogP) is 1.48. The van der Waals surface area contributed by atoms with Gasteiger partial charge in [0.15, 0.2) is 5.16 Å². The number of nitrogens with one attached hydrogen (secondary N) is 1. The first-order valence-corrected chi connectivity index (χ1v) is 6.24. The van der Waals surface area contributed by atoms with Crippen LogP contribution >= 0.6 is 11.8 Å². The number of halogens is 3. The van der Waals surface area contributed by atoms with Gasteiger partial charge in [-0.2, -0.15) is 13.2 Å². The number of H-pyrrole nitrogens is 1. The van der Waals surface area contributed by atoms with Gasteiger partial charge in [-0.3, -0.25) is 9.36 Å². The summed E-state index contributed by atoms with van der Waals surface area (Å²) in [7, 11) is 0. The maximum atomic E-state index is 12.7. The highest BCUT2D eigenvalue weighted by Gasteiger charge is 2.42. The van der Waals surface area contributed by atoms with E-state index >= 15 is 0 Å². The molecule has 6 nitrogen and oxygen atoms in total. The van der Waals surface area contributed by atoms with Gasteiger partial charge in [0, 0.05) is 6.54 Å². The molecule has 1 aromatic rings. The zero-order valence-corrected chi connectivity index (χ0v) is 10.7. The molecule has 10 heteroatoms. The number of aromatic amines is 1. The minimum Gasteiger partial charge on any atom is -0.481 e. The average Bonchev–Trinajstić information content (AvgIpc) is 2.59. The summed E-state index contributed by atoms with van der Waals surface area (Å²) in [5.41, 5.74) is -0.611. The van der Waals surface area contributed by atoms with E-state index < -0.39 is 29.5 Å². The Labute approximate surface area is 110 Å². The van der Waals surface area contributed by atoms with Crippen LogP contribution in [0.4, 0.5) is 13.2 Å². The second-order valence-corrected chi connectivity index (χ2v) is 4.88. The third kappa shape index (κ3) is 4.30. The normalized spacial score (nSPS) is 13.5. The largest absolute Gasteiger partial charge is 0.481 e. The van der Waals surface area contributed by atoms with Crippen LogP contribution in [0.25, 0.3) is 0 Å². The van der Waals surface area contributed by atoms with Crippen LogP contribution in [-0.4, -0.2) is 37.3 Å². The van der Waals surface area contributed by atoms with Crippen molar-refractivity contribution in [2.24, 2.45) is 0 Å². The molecule has 19 heavy (non-hydrogen) atoms. The van der Waals surface area contributed by atoms with E-state index in [1.165, 1.54) is 0 Å². The number of carboxylic acids is 1. The molecule has 0 saturated carbocycles. The van der Waals surface area contributed by atoms with E-state index in [4.69, 9.17) is 5.11 Å². The molecular formula is C9H12F3N3O3S. The van der Waals surface area contributed by atoms with E-state index in [0.717, 1.165) is 4.57 Å². The minimum absolute atomic E-state index is 0.157. The number of thioether (sulfide) groups is 1. The highest BCUT2D eigenvalue weighted by molar-refractivity contribution is 7.99. The smallest absolute Gasteiger partial charge is 0.401 e. The van der Waals surface area contributed by atoms with E-state index in [1.54, 1.807) is 6.92 Å². The molecule has 0 aliphatic rings. The lowest BCUT2D eigenvalue weighted by Crippen LogP contribution is -2.29. The Balaban J connectivity index is 2.96. The van der Waals surface area contributed by atoms with Crippen molar-refractivity contribution in [3.05, 3.63) is 10.5 Å². The van der Waals surface area contributed by atoms with Gasteiger partial charge in [-0.15, -0.1) is 5.10 Å². The Hall–Kier alpha value is -1.45. The van der Waals surface area contributed by atoms with Crippen molar-refractivity contribution in [2.75, 3.05) is 0 Å². The summed E-state index contributed by atoms with van der Waals surface area (Å²) in [5, 5.41) is 11.7. The molecule has 0 bridgehead atoms. The summed E-state index contributed by atoms with van der Waals surface area (Å²) < 4.78 is 39.1. The van der Waals surface area contributed by atoms with Crippen LogP contribution in [0.15, 0.2) is 9.95 Å². The number of aromatic nitrogens is 3. The Bertz CT molecular complexity index is 497. The summed E-state index contributed by atoms with van der Waals surface area (Å²) in [5.74, 6) is -1.56. The van der Waals surface area contributed by atoms with Crippen molar-refractivity contribution in [1.82, 2.24) is 14.8 Å². The van der Waals surface area contributed by atoms with E-state index in [0.29, 0.717) is 6.42 Å². The molecule has 108 valence electrons. The van der Waals surface area contributed by atoms with E-state index in [2.05, 4.69) is 10.2 Å². The van der Waals surface area contributed by atoms with Crippen LogP contribution in [0.1, 0.15) is 19.8 Å². The third-order valence-electron chi connectivity index (χ3n) is 2.14. The van der Waals surface area contributed by atoms with Gasteiger partial charge < -0.3 is 5.11 Å². The van der Waals surface area contributed by atoms with Gasteiger partial charge >= 0.3 is 17.8 Å². The molecule has 1 aromatic heterocycles. The lowest BCUT2D eigenvalue weighted by molar-refractivity contribution is -0.149. The molecule has 0 aromatic carbocycles. The maximum absolute atomic E-state index is 12.7. The number of alkyl halides is 3. The zero-order chi connectivity index (χ0) is 14.6. The first kappa shape index (κ1) is 15.6. The molecule has 0 spiro atoms. The first-order chi connectivity index (χ1) is 8.75. The first-order valence-electron chi connectivity index (χ1n) is 5.36. The summed E-state index contributed by atoms with van der Waals surface area (Å²) in [6, 6.07) is 0. The van der Waals surface area contributed by atoms with Gasteiger partial charge in [-0.1, -0.05) is 18.7 Å². The lowest BCUT2D eigenvalue weighted by atomic mass is 10.3. The van der Waals surface area contributed by atoms with Crippen LogP contribution < -0.4 is 5.69 Å². The van der Waals surface area contributed by atoms with E-state index in [1.807, 2.05) is 0 Å². The number of rotatable bonds is 6. The quantitative estimate of drug-likeness (QED) is 0.777. The number of carbonyl (C=O) groups is 1. The van der Waals surface area contributed by atoms with Crippen molar-refractivity contribution < 1.29 is 23.1 Å². The van der Waals surface area contributed by atoms with Crippen molar-refractivity contribution in [3.63, 3.8) is 0 Å². The monoisotopic (exact) mass is 299 g/mol. The molecule has 0 aliphatic carbocycles. The fourth-order valence-corrected chi connectivity index (χ4v) is 2.34. The molecule has 1 unspecified atom stereocenters. The Morgan fingerprint density at radius 1 is 1.58 bits per heavy atom. The number of hydrogen-bond donors (Lipinski definition) is 2. The number of aliphatic carboxylic acids is 1. The Kier molecular flexibility index (Phi) is 5.04. The van der Waals surface area contributed by atoms with Gasteiger partial charge in [-0.25, -0.2) is 9.89 Å². The fourth-order valence-electron chi connectivity index (χ4n) is 1.32. The van der Waals surface area contributed by atoms with Crippen LogP contribution in [0.5, 0.6) is 0 Å². The topological polar surface area (TPSA) is 88.0 Å². The number of carboxylic acid groups (broad SMARTS) is 1. The average molecular weight is 299 g/mol. The van der Waals surface area contributed by atoms with Crippen molar-refractivity contribution in [2.45, 2.75) is 42.9 Å².